The molecule has 0 atom stereocenters. The number of nitrogens with one attached hydrogen (secondary N) is 3. The fourth-order valence-electron chi connectivity index (χ4n) is 2.85. The summed E-state index contributed by atoms with van der Waals surface area (Å²) >= 11 is 0. The van der Waals surface area contributed by atoms with Crippen LogP contribution in [0.2, 0.25) is 0 Å². The number of aromatic nitrogens is 1. The van der Waals surface area contributed by atoms with E-state index in [1.807, 2.05) is 54.7 Å². The molecule has 1 aromatic heterocycles. The van der Waals surface area contributed by atoms with E-state index < -0.39 is 0 Å². The van der Waals surface area contributed by atoms with Gasteiger partial charge in [-0.05, 0) is 29.7 Å². The first-order valence-electron chi connectivity index (χ1n) is 8.42. The van der Waals surface area contributed by atoms with E-state index in [0.717, 1.165) is 27.8 Å². The maximum Gasteiger partial charge on any atom is 0.242 e. The van der Waals surface area contributed by atoms with Gasteiger partial charge >= 0.3 is 0 Å². The maximum absolute atomic E-state index is 12.1. The van der Waals surface area contributed by atoms with E-state index in [9.17, 15) is 9.59 Å². The van der Waals surface area contributed by atoms with Crippen LogP contribution in [0.5, 0.6) is 5.75 Å². The molecule has 6 nitrogen and oxygen atoms in total. The Morgan fingerprint density at radius 1 is 0.962 bits per heavy atom. The minimum absolute atomic E-state index is 0.191. The lowest BCUT2D eigenvalue weighted by molar-refractivity contribution is -0.128. The summed E-state index contributed by atoms with van der Waals surface area (Å²) < 4.78 is 5.27. The number of rotatable bonds is 6. The highest BCUT2D eigenvalue weighted by Crippen LogP contribution is 2.19. The zero-order chi connectivity index (χ0) is 18.4. The smallest absolute Gasteiger partial charge is 0.242 e. The topological polar surface area (TPSA) is 83.2 Å². The first-order valence-corrected chi connectivity index (χ1v) is 8.42. The Hall–Kier alpha value is -3.28. The third-order valence-corrected chi connectivity index (χ3v) is 4.18. The molecule has 0 spiro atoms. The summed E-state index contributed by atoms with van der Waals surface area (Å²) in [5.74, 6) is 0.243. The Kier molecular flexibility index (Phi) is 5.53. The van der Waals surface area contributed by atoms with Crippen molar-refractivity contribution >= 4 is 22.7 Å². The van der Waals surface area contributed by atoms with E-state index in [1.54, 1.807) is 7.11 Å². The number of fused-ring (bicyclic) bond motifs is 1. The van der Waals surface area contributed by atoms with Gasteiger partial charge in [0.2, 0.25) is 11.8 Å². The lowest BCUT2D eigenvalue weighted by atomic mass is 10.1. The molecule has 1 heterocycles. The molecule has 3 rings (SSSR count). The Morgan fingerprint density at radius 2 is 1.69 bits per heavy atom. The van der Waals surface area contributed by atoms with Crippen LogP contribution in [-0.4, -0.2) is 23.9 Å². The Labute approximate surface area is 151 Å². The van der Waals surface area contributed by atoms with Crippen LogP contribution in [0, 0.1) is 0 Å². The summed E-state index contributed by atoms with van der Waals surface area (Å²) in [6.07, 6.45) is 2.80. The standard InChI is InChI=1S/C20H21N3O3/c1-26-18-9-5-2-6-14(18)10-11-19(24)22-23-20(25)12-15-13-21-17-8-4-3-7-16(15)17/h2-9,13,21H,10-12H2,1H3,(H,22,24)(H,23,25). The molecule has 26 heavy (non-hydrogen) atoms. The van der Waals surface area contributed by atoms with Crippen molar-refractivity contribution in [1.29, 1.82) is 0 Å². The largest absolute Gasteiger partial charge is 0.496 e. The van der Waals surface area contributed by atoms with E-state index in [1.165, 1.54) is 0 Å². The molecule has 6 heteroatoms. The molecule has 0 aliphatic rings. The molecule has 3 aromatic rings. The van der Waals surface area contributed by atoms with Gasteiger partial charge in [-0.2, -0.15) is 0 Å². The number of hydrazine groups is 1. The van der Waals surface area contributed by atoms with Gasteiger partial charge in [-0.25, -0.2) is 0 Å². The number of carbonyl (C=O) groups excluding carboxylic acids is 2. The van der Waals surface area contributed by atoms with E-state index in [0.29, 0.717) is 6.42 Å². The fraction of sp³-hybridized carbons (Fsp3) is 0.200. The SMILES string of the molecule is COc1ccccc1CCC(=O)NNC(=O)Cc1c[nH]c2ccccc12. The van der Waals surface area contributed by atoms with Gasteiger partial charge < -0.3 is 9.72 Å². The van der Waals surface area contributed by atoms with Crippen molar-refractivity contribution in [2.45, 2.75) is 19.3 Å². The molecule has 3 N–H and O–H groups in total. The zero-order valence-corrected chi connectivity index (χ0v) is 14.5. The molecule has 0 bridgehead atoms. The first-order chi connectivity index (χ1) is 12.7. The van der Waals surface area contributed by atoms with Gasteiger partial charge in [0.25, 0.3) is 0 Å². The summed E-state index contributed by atoms with van der Waals surface area (Å²) in [5.41, 5.74) is 7.75. The van der Waals surface area contributed by atoms with Crippen LogP contribution < -0.4 is 15.6 Å². The molecule has 0 saturated carbocycles. The number of amides is 2. The minimum Gasteiger partial charge on any atom is -0.496 e. The summed E-state index contributed by atoms with van der Waals surface area (Å²) in [4.78, 5) is 27.2. The van der Waals surface area contributed by atoms with Crippen molar-refractivity contribution < 1.29 is 14.3 Å². The number of ether oxygens (including phenoxy) is 1. The number of H-pyrrole nitrogens is 1. The molecule has 0 unspecified atom stereocenters. The molecule has 0 radical (unpaired) electrons. The summed E-state index contributed by atoms with van der Waals surface area (Å²) in [7, 11) is 1.60. The van der Waals surface area contributed by atoms with E-state index in [-0.39, 0.29) is 24.7 Å². The van der Waals surface area contributed by atoms with Crippen molar-refractivity contribution in [3.8, 4) is 5.75 Å². The van der Waals surface area contributed by atoms with Gasteiger partial charge in [-0.1, -0.05) is 36.4 Å². The maximum atomic E-state index is 12.1. The number of para-hydroxylation sites is 2. The molecule has 0 fully saturated rings. The van der Waals surface area contributed by atoms with Gasteiger partial charge in [0.15, 0.2) is 0 Å². The van der Waals surface area contributed by atoms with Crippen LogP contribution >= 0.6 is 0 Å². The number of aromatic amines is 1. The van der Waals surface area contributed by atoms with Crippen molar-refractivity contribution in [1.82, 2.24) is 15.8 Å². The predicted molar refractivity (Wildman–Crippen MR) is 99.6 cm³/mol. The van der Waals surface area contributed by atoms with Crippen LogP contribution in [0.15, 0.2) is 54.7 Å². The highest BCUT2D eigenvalue weighted by molar-refractivity contribution is 5.89. The number of hydrogen-bond acceptors (Lipinski definition) is 3. The lowest BCUT2D eigenvalue weighted by Gasteiger charge is -2.09. The van der Waals surface area contributed by atoms with E-state index in [4.69, 9.17) is 4.74 Å². The third kappa shape index (κ3) is 4.22. The van der Waals surface area contributed by atoms with E-state index >= 15 is 0 Å². The number of benzene rings is 2. The molecule has 134 valence electrons. The summed E-state index contributed by atoms with van der Waals surface area (Å²) in [6.45, 7) is 0. The Bertz CT molecular complexity index is 917. The molecule has 2 aromatic carbocycles. The predicted octanol–water partition coefficient (Wildman–Crippen LogP) is 2.50. The van der Waals surface area contributed by atoms with Crippen LogP contribution in [0.4, 0.5) is 0 Å². The Balaban J connectivity index is 1.47. The number of hydrogen-bond donors (Lipinski definition) is 3. The van der Waals surface area contributed by atoms with Crippen LogP contribution in [0.3, 0.4) is 0 Å². The van der Waals surface area contributed by atoms with Gasteiger partial charge in [0.05, 0.1) is 13.5 Å². The quantitative estimate of drug-likeness (QED) is 0.597. The second-order valence-corrected chi connectivity index (χ2v) is 5.94. The van der Waals surface area contributed by atoms with Gasteiger partial charge in [0.1, 0.15) is 5.75 Å². The van der Waals surface area contributed by atoms with Gasteiger partial charge in [-0.3, -0.25) is 20.4 Å². The Morgan fingerprint density at radius 3 is 2.54 bits per heavy atom. The normalized spacial score (nSPS) is 10.5. The zero-order valence-electron chi connectivity index (χ0n) is 14.5. The molecular formula is C20H21N3O3. The highest BCUT2D eigenvalue weighted by atomic mass is 16.5. The van der Waals surface area contributed by atoms with Crippen molar-refractivity contribution in [3.63, 3.8) is 0 Å². The van der Waals surface area contributed by atoms with Crippen LogP contribution in [-0.2, 0) is 22.4 Å². The number of aryl methyl sites for hydroxylation is 1. The van der Waals surface area contributed by atoms with Gasteiger partial charge in [-0.15, -0.1) is 0 Å². The second-order valence-electron chi connectivity index (χ2n) is 5.94. The van der Waals surface area contributed by atoms with Crippen LogP contribution in [0.1, 0.15) is 17.5 Å². The van der Waals surface area contributed by atoms with Gasteiger partial charge in [0, 0.05) is 23.5 Å². The molecule has 2 amide bonds. The fourth-order valence-corrected chi connectivity index (χ4v) is 2.85. The highest BCUT2D eigenvalue weighted by Gasteiger charge is 2.10. The van der Waals surface area contributed by atoms with Crippen molar-refractivity contribution in [3.05, 3.63) is 65.9 Å². The van der Waals surface area contributed by atoms with E-state index in [2.05, 4.69) is 15.8 Å². The van der Waals surface area contributed by atoms with Crippen molar-refractivity contribution in [2.24, 2.45) is 0 Å². The number of carbonyl (C=O) groups is 2. The van der Waals surface area contributed by atoms with Crippen LogP contribution in [0.25, 0.3) is 10.9 Å². The average Bonchev–Trinajstić information content (AvgIpc) is 3.08. The second kappa shape index (κ2) is 8.20. The first kappa shape index (κ1) is 17.5. The number of methoxy groups -OCH3 is 1. The molecule has 0 saturated heterocycles. The summed E-state index contributed by atoms with van der Waals surface area (Å²) in [5, 5.41) is 1.00. The molecular weight excluding hydrogens is 330 g/mol. The van der Waals surface area contributed by atoms with Crippen molar-refractivity contribution in [2.75, 3.05) is 7.11 Å². The third-order valence-electron chi connectivity index (χ3n) is 4.18. The average molecular weight is 351 g/mol. The lowest BCUT2D eigenvalue weighted by Crippen LogP contribution is -2.42. The monoisotopic (exact) mass is 351 g/mol. The molecule has 0 aliphatic carbocycles. The minimum atomic E-state index is -0.264. The molecule has 0 aliphatic heterocycles. The summed E-state index contributed by atoms with van der Waals surface area (Å²) in [6, 6.07) is 15.3.